The Bertz CT molecular complexity index is 1290. The van der Waals surface area contributed by atoms with Crippen LogP contribution in [-0.2, 0) is 27.9 Å². The van der Waals surface area contributed by atoms with Gasteiger partial charge in [-0.2, -0.15) is 0 Å². The quantitative estimate of drug-likeness (QED) is 0.0156. The van der Waals surface area contributed by atoms with E-state index in [1.54, 1.807) is 0 Å². The van der Waals surface area contributed by atoms with Crippen molar-refractivity contribution in [2.24, 2.45) is 0 Å². The first-order valence-electron chi connectivity index (χ1n) is 28.0. The molecule has 0 aliphatic carbocycles. The predicted molar refractivity (Wildman–Crippen MR) is 286 cm³/mol. The summed E-state index contributed by atoms with van der Waals surface area (Å²) in [4.78, 5) is 37.5. The van der Waals surface area contributed by atoms with Crippen LogP contribution in [0.1, 0.15) is 252 Å². The summed E-state index contributed by atoms with van der Waals surface area (Å²) in [6.45, 7) is 6.87. The molecule has 0 aromatic carbocycles. The second-order valence-electron chi connectivity index (χ2n) is 20.1. The van der Waals surface area contributed by atoms with Gasteiger partial charge in [0.1, 0.15) is 19.3 Å². The van der Waals surface area contributed by atoms with Crippen molar-refractivity contribution in [3.63, 3.8) is 0 Å². The lowest BCUT2D eigenvalue weighted by atomic mass is 10.0. The highest BCUT2D eigenvalue weighted by Gasteiger charge is 2.30. The van der Waals surface area contributed by atoms with Crippen molar-refractivity contribution in [2.45, 2.75) is 264 Å². The van der Waals surface area contributed by atoms with Crippen LogP contribution < -0.4 is 5.32 Å². The Morgan fingerprint density at radius 2 is 0.955 bits per heavy atom. The van der Waals surface area contributed by atoms with E-state index in [0.29, 0.717) is 17.4 Å². The molecule has 10 heteroatoms. The maximum absolute atomic E-state index is 13.5. The number of unbranched alkanes of at least 4 members (excludes halogenated alkanes) is 30. The van der Waals surface area contributed by atoms with E-state index in [4.69, 9.17) is 13.8 Å². The van der Waals surface area contributed by atoms with E-state index in [0.717, 1.165) is 83.5 Å². The van der Waals surface area contributed by atoms with Crippen molar-refractivity contribution in [1.29, 1.82) is 0 Å². The fourth-order valence-corrected chi connectivity index (χ4v) is 8.73. The van der Waals surface area contributed by atoms with Gasteiger partial charge in [-0.3, -0.25) is 18.6 Å². The number of ether oxygens (including phenoxy) is 1. The maximum Gasteiger partial charge on any atom is 0.472 e. The number of amides is 1. The van der Waals surface area contributed by atoms with Gasteiger partial charge >= 0.3 is 13.8 Å². The summed E-state index contributed by atoms with van der Waals surface area (Å²) in [6, 6.07) is -0.852. The molecular formula is C57H108N2O7P+. The van der Waals surface area contributed by atoms with Crippen LogP contribution in [0.15, 0.2) is 48.6 Å². The smallest absolute Gasteiger partial charge is 0.456 e. The molecule has 0 bridgehead atoms. The third-order valence-electron chi connectivity index (χ3n) is 12.3. The molecule has 0 aromatic rings. The summed E-state index contributed by atoms with van der Waals surface area (Å²) >= 11 is 0. The van der Waals surface area contributed by atoms with E-state index in [1.165, 1.54) is 135 Å². The predicted octanol–water partition coefficient (Wildman–Crippen LogP) is 16.6. The molecule has 67 heavy (non-hydrogen) atoms. The van der Waals surface area contributed by atoms with E-state index in [1.807, 2.05) is 33.3 Å². The average Bonchev–Trinajstić information content (AvgIpc) is 3.28. The van der Waals surface area contributed by atoms with Gasteiger partial charge in [0.2, 0.25) is 5.91 Å². The minimum absolute atomic E-state index is 0.0374. The molecule has 392 valence electrons. The van der Waals surface area contributed by atoms with Gasteiger partial charge < -0.3 is 19.4 Å². The summed E-state index contributed by atoms with van der Waals surface area (Å²) in [6.07, 6.45) is 56.7. The first kappa shape index (κ1) is 65.0. The fraction of sp³-hybridized carbons (Fsp3) is 0.825. The third kappa shape index (κ3) is 48.8. The van der Waals surface area contributed by atoms with Crippen LogP contribution in [0.3, 0.4) is 0 Å². The molecule has 0 heterocycles. The topological polar surface area (TPSA) is 111 Å². The summed E-state index contributed by atoms with van der Waals surface area (Å²) in [5, 5.41) is 3.04. The molecule has 0 radical (unpaired) electrons. The number of allylic oxidation sites excluding steroid dienone is 7. The lowest BCUT2D eigenvalue weighted by Gasteiger charge is -2.27. The molecule has 3 unspecified atom stereocenters. The highest BCUT2D eigenvalue weighted by molar-refractivity contribution is 7.47. The van der Waals surface area contributed by atoms with Gasteiger partial charge in [-0.25, -0.2) is 4.57 Å². The van der Waals surface area contributed by atoms with Crippen LogP contribution in [0.4, 0.5) is 0 Å². The van der Waals surface area contributed by atoms with Gasteiger partial charge in [-0.15, -0.1) is 0 Å². The number of carbonyl (C=O) groups excluding carboxylic acids is 2. The lowest BCUT2D eigenvalue weighted by Crippen LogP contribution is -2.47. The zero-order valence-corrected chi connectivity index (χ0v) is 45.5. The molecule has 0 spiro atoms. The Morgan fingerprint density at radius 1 is 0.537 bits per heavy atom. The fourth-order valence-electron chi connectivity index (χ4n) is 8.00. The number of carbonyl (C=O) groups is 2. The van der Waals surface area contributed by atoms with Gasteiger partial charge in [0.25, 0.3) is 0 Å². The minimum atomic E-state index is -4.44. The number of likely N-dealkylation sites (N-methyl/N-ethyl adjacent to an activating group) is 1. The van der Waals surface area contributed by atoms with Crippen LogP contribution >= 0.6 is 7.82 Å². The van der Waals surface area contributed by atoms with Crippen molar-refractivity contribution in [2.75, 3.05) is 40.9 Å². The van der Waals surface area contributed by atoms with Crippen LogP contribution in [0.5, 0.6) is 0 Å². The molecule has 0 aliphatic heterocycles. The standard InChI is InChI=1S/C57H107N2O7P/c1-7-10-13-16-19-22-25-28-29-30-32-34-37-40-43-46-49-56(60)58-54(53-65-67(62,63)64-52-51-59(4,5)6)55(48-45-42-39-36-33-27-24-21-18-15-12-9-3)66-57(61)50-47-44-41-38-35-31-26-23-20-17-14-11-8-2/h11,14,17,20,23,26,45,48,54-55H,7-10,12-13,15-16,18-19,21-22,24-25,27-44,46-47,49-53H2,1-6H3,(H-,58,60,62,63)/p+1/b14-11+,20-17+,26-23-,48-45+. The first-order valence-corrected chi connectivity index (χ1v) is 29.5. The number of esters is 1. The highest BCUT2D eigenvalue weighted by atomic mass is 31.2. The number of nitrogens with one attached hydrogen (secondary N) is 1. The summed E-state index contributed by atoms with van der Waals surface area (Å²) < 4.78 is 30.6. The molecule has 0 saturated heterocycles. The SMILES string of the molecule is CC/C=C/C=C/C=C\CCCCCCCC(=O)OC(/C=C/CCCCCCCCCCCC)C(COP(=O)(O)OCC[N+](C)(C)C)NC(=O)CCCCCCCCCCCCCCCCCC. The third-order valence-corrected chi connectivity index (χ3v) is 13.3. The molecule has 9 nitrogen and oxygen atoms in total. The van der Waals surface area contributed by atoms with Crippen LogP contribution in [0.25, 0.3) is 0 Å². The number of rotatable bonds is 50. The monoisotopic (exact) mass is 964 g/mol. The van der Waals surface area contributed by atoms with Crippen LogP contribution in [0.2, 0.25) is 0 Å². The highest BCUT2D eigenvalue weighted by Crippen LogP contribution is 2.43. The minimum Gasteiger partial charge on any atom is -0.456 e. The number of phosphoric acid groups is 1. The number of hydrogen-bond acceptors (Lipinski definition) is 6. The van der Waals surface area contributed by atoms with Gasteiger partial charge in [-0.05, 0) is 51.0 Å². The summed E-state index contributed by atoms with van der Waals surface area (Å²) in [5.41, 5.74) is 0. The second kappa shape index (κ2) is 47.6. The molecule has 1 amide bonds. The molecule has 3 atom stereocenters. The van der Waals surface area contributed by atoms with E-state index < -0.39 is 20.0 Å². The molecule has 0 saturated carbocycles. The average molecular weight is 964 g/mol. The number of phosphoric ester groups is 1. The Morgan fingerprint density at radius 3 is 1.42 bits per heavy atom. The first-order chi connectivity index (χ1) is 32.4. The Balaban J connectivity index is 5.37. The van der Waals surface area contributed by atoms with Gasteiger partial charge in [0, 0.05) is 12.8 Å². The van der Waals surface area contributed by atoms with E-state index in [2.05, 4.69) is 62.5 Å². The van der Waals surface area contributed by atoms with Crippen molar-refractivity contribution in [3.8, 4) is 0 Å². The molecule has 0 fully saturated rings. The number of nitrogens with zero attached hydrogens (tertiary/aromatic N) is 1. The molecular weight excluding hydrogens is 856 g/mol. The van der Waals surface area contributed by atoms with E-state index in [-0.39, 0.29) is 31.5 Å². The Kier molecular flexibility index (Phi) is 46.2. The van der Waals surface area contributed by atoms with Gasteiger partial charge in [-0.1, -0.05) is 237 Å². The molecule has 2 N–H and O–H groups in total. The molecule has 0 rings (SSSR count). The number of hydrogen-bond donors (Lipinski definition) is 2. The van der Waals surface area contributed by atoms with Crippen molar-refractivity contribution < 1.29 is 37.3 Å². The zero-order valence-electron chi connectivity index (χ0n) is 44.6. The summed E-state index contributed by atoms with van der Waals surface area (Å²) in [5.74, 6) is -0.523. The van der Waals surface area contributed by atoms with Gasteiger partial charge in [0.05, 0.1) is 33.8 Å². The largest absolute Gasteiger partial charge is 0.472 e. The van der Waals surface area contributed by atoms with Crippen molar-refractivity contribution in [1.82, 2.24) is 5.32 Å². The lowest BCUT2D eigenvalue weighted by molar-refractivity contribution is -0.870. The molecule has 0 aromatic heterocycles. The summed E-state index contributed by atoms with van der Waals surface area (Å²) in [7, 11) is 1.49. The van der Waals surface area contributed by atoms with Crippen LogP contribution in [-0.4, -0.2) is 74.3 Å². The van der Waals surface area contributed by atoms with E-state index >= 15 is 0 Å². The Hall–Kier alpha value is -2.03. The van der Waals surface area contributed by atoms with Crippen LogP contribution in [0, 0.1) is 0 Å². The van der Waals surface area contributed by atoms with E-state index in [9.17, 15) is 19.0 Å². The second-order valence-corrected chi connectivity index (χ2v) is 21.6. The normalized spacial score (nSPS) is 14.2. The maximum atomic E-state index is 13.5. The van der Waals surface area contributed by atoms with Gasteiger partial charge in [0.15, 0.2) is 0 Å². The van der Waals surface area contributed by atoms with Crippen molar-refractivity contribution in [3.05, 3.63) is 48.6 Å². The molecule has 0 aliphatic rings. The Labute approximate surface area is 414 Å². The number of quaternary nitrogens is 1. The zero-order chi connectivity index (χ0) is 49.4. The van der Waals surface area contributed by atoms with Crippen molar-refractivity contribution >= 4 is 19.7 Å².